The highest BCUT2D eigenvalue weighted by Gasteiger charge is 2.75. The van der Waals surface area contributed by atoms with Gasteiger partial charge in [-0.25, -0.2) is 0 Å². The van der Waals surface area contributed by atoms with E-state index in [2.05, 4.69) is 29.4 Å². The molecule has 3 aliphatic rings. The van der Waals surface area contributed by atoms with Gasteiger partial charge in [0, 0.05) is 31.5 Å². The van der Waals surface area contributed by atoms with Crippen LogP contribution in [0.4, 0.5) is 11.4 Å². The molecule has 36 heavy (non-hydrogen) atoms. The van der Waals surface area contributed by atoms with Gasteiger partial charge in [0.1, 0.15) is 11.6 Å². The number of fused-ring (bicyclic) bond motifs is 1. The second kappa shape index (κ2) is 10.4. The van der Waals surface area contributed by atoms with E-state index in [-0.39, 0.29) is 36.4 Å². The van der Waals surface area contributed by atoms with Gasteiger partial charge in [-0.3, -0.25) is 14.4 Å². The Balaban J connectivity index is 1.69. The Kier molecular flexibility index (Phi) is 7.61. The fraction of sp³-hybridized carbons (Fsp3) is 0.667. The van der Waals surface area contributed by atoms with Crippen molar-refractivity contribution < 1.29 is 24.2 Å². The molecular weight excluding hydrogens is 460 g/mol. The van der Waals surface area contributed by atoms with E-state index in [1.807, 2.05) is 38.1 Å². The van der Waals surface area contributed by atoms with E-state index in [4.69, 9.17) is 4.74 Å². The SMILES string of the molecule is CC[C@H](C)[C@H](CO)N1C(=O)[C@@H]2[C@H](C(=O)NC)[C@@H]3CCC2(O3)C1C(=O)Nc1ccc(N(CC)CC)cc1. The zero-order valence-corrected chi connectivity index (χ0v) is 22.0. The van der Waals surface area contributed by atoms with Crippen LogP contribution in [-0.2, 0) is 19.1 Å². The fourth-order valence-corrected chi connectivity index (χ4v) is 6.58. The van der Waals surface area contributed by atoms with Crippen LogP contribution in [0.3, 0.4) is 0 Å². The average molecular weight is 501 g/mol. The molecule has 1 aromatic carbocycles. The van der Waals surface area contributed by atoms with Crippen molar-refractivity contribution in [1.82, 2.24) is 10.2 Å². The predicted molar refractivity (Wildman–Crippen MR) is 137 cm³/mol. The summed E-state index contributed by atoms with van der Waals surface area (Å²) >= 11 is 0. The van der Waals surface area contributed by atoms with Gasteiger partial charge in [-0.15, -0.1) is 0 Å². The summed E-state index contributed by atoms with van der Waals surface area (Å²) in [5.41, 5.74) is 0.616. The highest BCUT2D eigenvalue weighted by Crippen LogP contribution is 2.59. The molecule has 0 saturated carbocycles. The monoisotopic (exact) mass is 500 g/mol. The van der Waals surface area contributed by atoms with Gasteiger partial charge >= 0.3 is 0 Å². The molecule has 3 heterocycles. The van der Waals surface area contributed by atoms with E-state index in [0.29, 0.717) is 18.5 Å². The number of hydrogen-bond acceptors (Lipinski definition) is 6. The van der Waals surface area contributed by atoms with Crippen LogP contribution in [0, 0.1) is 17.8 Å². The van der Waals surface area contributed by atoms with Gasteiger partial charge < -0.3 is 30.3 Å². The van der Waals surface area contributed by atoms with Gasteiger partial charge in [-0.05, 0) is 56.9 Å². The number of carbonyl (C=O) groups is 3. The number of anilines is 2. The molecular formula is C27H40N4O5. The zero-order chi connectivity index (χ0) is 26.2. The number of hydrogen-bond donors (Lipinski definition) is 3. The number of nitrogens with zero attached hydrogens (tertiary/aromatic N) is 2. The number of carbonyl (C=O) groups excluding carboxylic acids is 3. The van der Waals surface area contributed by atoms with Crippen molar-refractivity contribution >= 4 is 29.1 Å². The lowest BCUT2D eigenvalue weighted by Gasteiger charge is -2.38. The average Bonchev–Trinajstić information content (AvgIpc) is 3.53. The normalized spacial score (nSPS) is 30.2. The molecule has 4 rings (SSSR count). The van der Waals surface area contributed by atoms with Crippen LogP contribution < -0.4 is 15.5 Å². The summed E-state index contributed by atoms with van der Waals surface area (Å²) in [5, 5.41) is 16.0. The van der Waals surface area contributed by atoms with Gasteiger partial charge in [0.2, 0.25) is 17.7 Å². The maximum atomic E-state index is 13.9. The van der Waals surface area contributed by atoms with E-state index in [0.717, 1.165) is 25.2 Å². The van der Waals surface area contributed by atoms with Crippen LogP contribution in [-0.4, -0.2) is 78.3 Å². The van der Waals surface area contributed by atoms with Crippen molar-refractivity contribution in [2.75, 3.05) is 37.0 Å². The fourth-order valence-electron chi connectivity index (χ4n) is 6.58. The van der Waals surface area contributed by atoms with Gasteiger partial charge in [0.05, 0.1) is 30.6 Å². The number of amides is 3. The van der Waals surface area contributed by atoms with E-state index in [1.165, 1.54) is 4.90 Å². The third-order valence-electron chi connectivity index (χ3n) is 8.64. The number of aliphatic hydroxyl groups excluding tert-OH is 1. The lowest BCUT2D eigenvalue weighted by molar-refractivity contribution is -0.145. The van der Waals surface area contributed by atoms with Crippen molar-refractivity contribution in [3.8, 4) is 0 Å². The summed E-state index contributed by atoms with van der Waals surface area (Å²) in [6, 6.07) is 6.19. The van der Waals surface area contributed by atoms with E-state index in [9.17, 15) is 19.5 Å². The van der Waals surface area contributed by atoms with Crippen LogP contribution in [0.15, 0.2) is 24.3 Å². The third-order valence-corrected chi connectivity index (χ3v) is 8.64. The van der Waals surface area contributed by atoms with Crippen molar-refractivity contribution in [2.24, 2.45) is 17.8 Å². The zero-order valence-electron chi connectivity index (χ0n) is 22.0. The standard InChI is InChI=1S/C27H40N4O5/c1-6-16(4)19(15-32)31-23(25(34)29-17-9-11-18(12-10-17)30(7-2)8-3)27-14-13-20(36-27)21(24(33)28-5)22(27)26(31)35/h9-12,16,19-23,32H,6-8,13-15H2,1-5H3,(H,28,33)(H,29,34)/t16-,19-,20-,21+,22-,23?,27?/m0/s1. The minimum Gasteiger partial charge on any atom is -0.394 e. The molecule has 1 spiro atoms. The van der Waals surface area contributed by atoms with Crippen molar-refractivity contribution in [2.45, 2.75) is 70.7 Å². The van der Waals surface area contributed by atoms with Crippen LogP contribution in [0.2, 0.25) is 0 Å². The summed E-state index contributed by atoms with van der Waals surface area (Å²) in [5.74, 6) is -2.27. The molecule has 9 heteroatoms. The van der Waals surface area contributed by atoms with Gasteiger partial charge in [0.15, 0.2) is 0 Å². The summed E-state index contributed by atoms with van der Waals surface area (Å²) < 4.78 is 6.41. The van der Waals surface area contributed by atoms with E-state index in [1.54, 1.807) is 7.05 Å². The molecule has 0 aromatic heterocycles. The van der Waals surface area contributed by atoms with Crippen molar-refractivity contribution in [3.63, 3.8) is 0 Å². The molecule has 2 bridgehead atoms. The largest absolute Gasteiger partial charge is 0.394 e. The molecule has 3 aliphatic heterocycles. The van der Waals surface area contributed by atoms with Gasteiger partial charge in [-0.1, -0.05) is 20.3 Å². The Morgan fingerprint density at radius 3 is 2.42 bits per heavy atom. The first-order valence-electron chi connectivity index (χ1n) is 13.3. The highest BCUT2D eigenvalue weighted by atomic mass is 16.5. The summed E-state index contributed by atoms with van der Waals surface area (Å²) in [6.07, 6.45) is 1.48. The summed E-state index contributed by atoms with van der Waals surface area (Å²) in [7, 11) is 1.56. The molecule has 198 valence electrons. The number of rotatable bonds is 10. The summed E-state index contributed by atoms with van der Waals surface area (Å²) in [6.45, 7) is 9.66. The Hall–Kier alpha value is -2.65. The maximum absolute atomic E-state index is 13.9. The molecule has 0 radical (unpaired) electrons. The number of nitrogens with one attached hydrogen (secondary N) is 2. The highest BCUT2D eigenvalue weighted by molar-refractivity contribution is 6.03. The molecule has 7 atom stereocenters. The van der Waals surface area contributed by atoms with Crippen LogP contribution in [0.5, 0.6) is 0 Å². The third kappa shape index (κ3) is 4.06. The molecule has 9 nitrogen and oxygen atoms in total. The molecule has 2 unspecified atom stereocenters. The van der Waals surface area contributed by atoms with E-state index >= 15 is 0 Å². The molecule has 0 aliphatic carbocycles. The molecule has 3 N–H and O–H groups in total. The van der Waals surface area contributed by atoms with Crippen LogP contribution in [0.1, 0.15) is 47.0 Å². The topological polar surface area (TPSA) is 111 Å². The summed E-state index contributed by atoms with van der Waals surface area (Å²) in [4.78, 5) is 44.4. The van der Waals surface area contributed by atoms with Crippen LogP contribution >= 0.6 is 0 Å². The predicted octanol–water partition coefficient (Wildman–Crippen LogP) is 2.00. The second-order valence-corrected chi connectivity index (χ2v) is 10.3. The first-order chi connectivity index (χ1) is 17.3. The quantitative estimate of drug-likeness (QED) is 0.453. The van der Waals surface area contributed by atoms with Crippen molar-refractivity contribution in [1.29, 1.82) is 0 Å². The van der Waals surface area contributed by atoms with Gasteiger partial charge in [0.25, 0.3) is 0 Å². The van der Waals surface area contributed by atoms with Crippen LogP contribution in [0.25, 0.3) is 0 Å². The Morgan fingerprint density at radius 2 is 1.86 bits per heavy atom. The number of aliphatic hydroxyl groups is 1. The second-order valence-electron chi connectivity index (χ2n) is 10.3. The Bertz CT molecular complexity index is 981. The smallest absolute Gasteiger partial charge is 0.250 e. The number of ether oxygens (including phenoxy) is 1. The number of likely N-dealkylation sites (tertiary alicyclic amines) is 1. The minimum absolute atomic E-state index is 0.0338. The van der Waals surface area contributed by atoms with Crippen molar-refractivity contribution in [3.05, 3.63) is 24.3 Å². The Morgan fingerprint density at radius 1 is 1.19 bits per heavy atom. The molecule has 1 aromatic rings. The molecule has 3 fully saturated rings. The Labute approximate surface area is 213 Å². The van der Waals surface area contributed by atoms with E-state index < -0.39 is 29.5 Å². The minimum atomic E-state index is -1.08. The first-order valence-corrected chi connectivity index (χ1v) is 13.3. The van der Waals surface area contributed by atoms with Gasteiger partial charge in [-0.2, -0.15) is 0 Å². The molecule has 3 saturated heterocycles. The molecule has 3 amide bonds. The lowest BCUT2D eigenvalue weighted by atomic mass is 9.70. The number of benzene rings is 1. The first kappa shape index (κ1) is 26.4. The lowest BCUT2D eigenvalue weighted by Crippen LogP contribution is -2.57. The maximum Gasteiger partial charge on any atom is 0.250 e.